The van der Waals surface area contributed by atoms with Gasteiger partial charge in [-0.1, -0.05) is 0 Å². The molecule has 22 heavy (non-hydrogen) atoms. The largest absolute Gasteiger partial charge is 0.382 e. The Kier molecular flexibility index (Phi) is 12.8. The van der Waals surface area contributed by atoms with Gasteiger partial charge < -0.3 is 15.4 Å². The molecular formula is C15H29IN4OS. The van der Waals surface area contributed by atoms with E-state index < -0.39 is 0 Å². The maximum atomic E-state index is 5.33. The molecule has 0 atom stereocenters. The number of hydrogen-bond donors (Lipinski definition) is 2. The van der Waals surface area contributed by atoms with Crippen molar-refractivity contribution in [2.45, 2.75) is 47.1 Å². The Labute approximate surface area is 155 Å². The molecule has 0 spiro atoms. The van der Waals surface area contributed by atoms with E-state index in [1.54, 1.807) is 11.3 Å². The summed E-state index contributed by atoms with van der Waals surface area (Å²) in [6, 6.07) is 0. The number of aryl methyl sites for hydroxylation is 2. The molecule has 0 amide bonds. The molecule has 1 rings (SSSR count). The first-order chi connectivity index (χ1) is 10.2. The minimum atomic E-state index is 0. The Morgan fingerprint density at radius 2 is 2.00 bits per heavy atom. The van der Waals surface area contributed by atoms with Gasteiger partial charge in [0.25, 0.3) is 0 Å². The molecule has 0 bridgehead atoms. The van der Waals surface area contributed by atoms with Gasteiger partial charge in [-0.25, -0.2) is 9.98 Å². The van der Waals surface area contributed by atoms with Gasteiger partial charge in [0, 0.05) is 31.2 Å². The Hall–Kier alpha value is -0.410. The Morgan fingerprint density at radius 3 is 2.59 bits per heavy atom. The maximum Gasteiger partial charge on any atom is 0.191 e. The number of rotatable bonds is 9. The van der Waals surface area contributed by atoms with Crippen LogP contribution in [0.25, 0.3) is 0 Å². The highest BCUT2D eigenvalue weighted by molar-refractivity contribution is 14.0. The van der Waals surface area contributed by atoms with Crippen molar-refractivity contribution >= 4 is 41.3 Å². The molecule has 0 saturated heterocycles. The molecule has 0 radical (unpaired) electrons. The summed E-state index contributed by atoms with van der Waals surface area (Å²) in [7, 11) is 0. The zero-order valence-electron chi connectivity index (χ0n) is 14.1. The number of halogens is 1. The lowest BCUT2D eigenvalue weighted by atomic mass is 10.3. The number of thiazole rings is 1. The van der Waals surface area contributed by atoms with Crippen LogP contribution in [0.3, 0.4) is 0 Å². The number of nitrogens with one attached hydrogen (secondary N) is 2. The van der Waals surface area contributed by atoms with Gasteiger partial charge in [-0.2, -0.15) is 0 Å². The smallest absolute Gasteiger partial charge is 0.191 e. The molecule has 0 aliphatic heterocycles. The first kappa shape index (κ1) is 21.6. The van der Waals surface area contributed by atoms with E-state index in [-0.39, 0.29) is 24.0 Å². The lowest BCUT2D eigenvalue weighted by Crippen LogP contribution is -2.37. The van der Waals surface area contributed by atoms with Crippen molar-refractivity contribution in [2.75, 3.05) is 26.3 Å². The van der Waals surface area contributed by atoms with Crippen LogP contribution in [0.2, 0.25) is 0 Å². The number of aliphatic imine (C=N–C) groups is 1. The molecule has 1 heterocycles. The lowest BCUT2D eigenvalue weighted by molar-refractivity contribution is 0.143. The molecule has 0 aliphatic carbocycles. The van der Waals surface area contributed by atoms with E-state index in [1.807, 2.05) is 20.8 Å². The third-order valence-corrected chi connectivity index (χ3v) is 3.99. The van der Waals surface area contributed by atoms with Crippen molar-refractivity contribution in [1.29, 1.82) is 0 Å². The molecule has 5 nitrogen and oxygen atoms in total. The highest BCUT2D eigenvalue weighted by Crippen LogP contribution is 2.17. The van der Waals surface area contributed by atoms with E-state index in [2.05, 4.69) is 27.5 Å². The van der Waals surface area contributed by atoms with Crippen LogP contribution in [0.5, 0.6) is 0 Å². The standard InChI is InChI=1S/C15H28N4OS.HI/c1-5-16-15(17-9-7-8-10-20-6-2)18-11-14-12(3)19-13(4)21-14;/h5-11H2,1-4H3,(H2,16,17,18);1H. The molecule has 7 heteroatoms. The van der Waals surface area contributed by atoms with Crippen LogP contribution in [-0.2, 0) is 11.3 Å². The molecular weight excluding hydrogens is 411 g/mol. The zero-order valence-corrected chi connectivity index (χ0v) is 17.2. The molecule has 0 fully saturated rings. The number of guanidine groups is 1. The summed E-state index contributed by atoms with van der Waals surface area (Å²) in [6.45, 7) is 12.3. The highest BCUT2D eigenvalue weighted by Gasteiger charge is 2.04. The molecule has 0 saturated carbocycles. The summed E-state index contributed by atoms with van der Waals surface area (Å²) in [5.74, 6) is 0.874. The number of hydrogen-bond acceptors (Lipinski definition) is 4. The summed E-state index contributed by atoms with van der Waals surface area (Å²) in [5.41, 5.74) is 1.09. The van der Waals surface area contributed by atoms with E-state index in [0.29, 0.717) is 6.54 Å². The van der Waals surface area contributed by atoms with Crippen LogP contribution in [0, 0.1) is 13.8 Å². The molecule has 128 valence electrons. The van der Waals surface area contributed by atoms with Gasteiger partial charge in [-0.3, -0.25) is 0 Å². The van der Waals surface area contributed by atoms with Crippen LogP contribution in [-0.4, -0.2) is 37.2 Å². The average Bonchev–Trinajstić information content (AvgIpc) is 2.78. The quantitative estimate of drug-likeness (QED) is 0.268. The second-order valence-electron chi connectivity index (χ2n) is 4.77. The van der Waals surface area contributed by atoms with E-state index >= 15 is 0 Å². The normalized spacial score (nSPS) is 11.2. The van der Waals surface area contributed by atoms with Gasteiger partial charge in [0.2, 0.25) is 0 Å². The topological polar surface area (TPSA) is 58.5 Å². The van der Waals surface area contributed by atoms with Gasteiger partial charge in [0.15, 0.2) is 5.96 Å². The molecule has 0 aromatic carbocycles. The fraction of sp³-hybridized carbons (Fsp3) is 0.733. The van der Waals surface area contributed by atoms with E-state index in [0.717, 1.165) is 55.8 Å². The second kappa shape index (κ2) is 13.1. The SMILES string of the molecule is CCNC(=NCc1sc(C)nc1C)NCCCCOCC.I. The Balaban J connectivity index is 0.00000441. The highest BCUT2D eigenvalue weighted by atomic mass is 127. The molecule has 0 unspecified atom stereocenters. The number of unbranched alkanes of at least 4 members (excludes halogenated alkanes) is 1. The van der Waals surface area contributed by atoms with Gasteiger partial charge in [0.05, 0.1) is 17.2 Å². The molecule has 0 aliphatic rings. The minimum absolute atomic E-state index is 0. The van der Waals surface area contributed by atoms with Gasteiger partial charge >= 0.3 is 0 Å². The van der Waals surface area contributed by atoms with Crippen molar-refractivity contribution in [1.82, 2.24) is 15.6 Å². The van der Waals surface area contributed by atoms with Gasteiger partial charge in [-0.15, -0.1) is 35.3 Å². The fourth-order valence-corrected chi connectivity index (χ4v) is 2.75. The summed E-state index contributed by atoms with van der Waals surface area (Å²) in [6.07, 6.45) is 2.16. The number of nitrogens with zero attached hydrogens (tertiary/aromatic N) is 2. The third-order valence-electron chi connectivity index (χ3n) is 2.94. The fourth-order valence-electron chi connectivity index (χ4n) is 1.89. The summed E-state index contributed by atoms with van der Waals surface area (Å²) < 4.78 is 5.33. The predicted octanol–water partition coefficient (Wildman–Crippen LogP) is 3.25. The van der Waals surface area contributed by atoms with Crippen LogP contribution < -0.4 is 10.6 Å². The van der Waals surface area contributed by atoms with Crippen molar-refractivity contribution in [3.05, 3.63) is 15.6 Å². The van der Waals surface area contributed by atoms with Gasteiger partial charge in [0.1, 0.15) is 0 Å². The lowest BCUT2D eigenvalue weighted by Gasteiger charge is -2.11. The first-order valence-corrected chi connectivity index (χ1v) is 8.51. The summed E-state index contributed by atoms with van der Waals surface area (Å²) in [4.78, 5) is 10.3. The number of aromatic nitrogens is 1. The van der Waals surface area contributed by atoms with Crippen molar-refractivity contribution in [3.8, 4) is 0 Å². The third kappa shape index (κ3) is 8.89. The van der Waals surface area contributed by atoms with E-state index in [4.69, 9.17) is 4.74 Å². The predicted molar refractivity (Wildman–Crippen MR) is 106 cm³/mol. The van der Waals surface area contributed by atoms with E-state index in [9.17, 15) is 0 Å². The van der Waals surface area contributed by atoms with Gasteiger partial charge in [-0.05, 0) is 40.5 Å². The molecule has 1 aromatic heterocycles. The number of ether oxygens (including phenoxy) is 1. The minimum Gasteiger partial charge on any atom is -0.382 e. The van der Waals surface area contributed by atoms with Crippen LogP contribution in [0.15, 0.2) is 4.99 Å². The second-order valence-corrected chi connectivity index (χ2v) is 6.06. The summed E-state index contributed by atoms with van der Waals surface area (Å²) >= 11 is 1.72. The average molecular weight is 440 g/mol. The van der Waals surface area contributed by atoms with Crippen molar-refractivity contribution in [2.24, 2.45) is 4.99 Å². The van der Waals surface area contributed by atoms with E-state index in [1.165, 1.54) is 4.88 Å². The maximum absolute atomic E-state index is 5.33. The first-order valence-electron chi connectivity index (χ1n) is 7.70. The van der Waals surface area contributed by atoms with Crippen LogP contribution in [0.1, 0.15) is 42.3 Å². The van der Waals surface area contributed by atoms with Crippen LogP contribution >= 0.6 is 35.3 Å². The molecule has 1 aromatic rings. The van der Waals surface area contributed by atoms with Crippen LogP contribution in [0.4, 0.5) is 0 Å². The molecule has 2 N–H and O–H groups in total. The zero-order chi connectivity index (χ0) is 15.5. The Bertz CT molecular complexity index is 437. The van der Waals surface area contributed by atoms with Crippen molar-refractivity contribution in [3.63, 3.8) is 0 Å². The van der Waals surface area contributed by atoms with Crippen molar-refractivity contribution < 1.29 is 4.74 Å². The summed E-state index contributed by atoms with van der Waals surface area (Å²) in [5, 5.41) is 7.74. The monoisotopic (exact) mass is 440 g/mol. The Morgan fingerprint density at radius 1 is 1.23 bits per heavy atom.